The lowest BCUT2D eigenvalue weighted by atomic mass is 10.1. The van der Waals surface area contributed by atoms with Gasteiger partial charge in [-0.25, -0.2) is 4.79 Å². The molecule has 1 aromatic carbocycles. The predicted molar refractivity (Wildman–Crippen MR) is 57.0 cm³/mol. The Balaban J connectivity index is 2.68. The van der Waals surface area contributed by atoms with E-state index in [9.17, 15) is 4.79 Å². The fraction of sp³-hybridized carbons (Fsp3) is 0.182. The number of methoxy groups -OCH3 is 1. The molecule has 0 aliphatic heterocycles. The summed E-state index contributed by atoms with van der Waals surface area (Å²) in [6.45, 7) is 0. The number of rotatable bonds is 3. The van der Waals surface area contributed by atoms with Gasteiger partial charge in [-0.2, -0.15) is 0 Å². The summed E-state index contributed by atoms with van der Waals surface area (Å²) >= 11 is 5.64. The van der Waals surface area contributed by atoms with Crippen molar-refractivity contribution in [3.8, 4) is 0 Å². The molecule has 0 heterocycles. The molecule has 0 unspecified atom stereocenters. The average Bonchev–Trinajstić information content (AvgIpc) is 2.26. The third kappa shape index (κ3) is 3.23. The summed E-state index contributed by atoms with van der Waals surface area (Å²) in [7, 11) is 1.35. The monoisotopic (exact) mass is 210 g/mol. The van der Waals surface area contributed by atoms with Gasteiger partial charge in [-0.1, -0.05) is 24.3 Å². The quantitative estimate of drug-likeness (QED) is 0.436. The molecule has 0 fully saturated rings. The standard InChI is InChI=1S/C11H11ClO2/c1-14-11(13)7-6-9-2-4-10(8-12)5-3-9/h2-7H,8H2,1H3/b7-6+. The van der Waals surface area contributed by atoms with E-state index in [1.807, 2.05) is 24.3 Å². The van der Waals surface area contributed by atoms with Crippen LogP contribution in [0.25, 0.3) is 6.08 Å². The molecule has 0 bridgehead atoms. The molecule has 0 saturated carbocycles. The number of esters is 1. The molecule has 74 valence electrons. The van der Waals surface area contributed by atoms with Crippen LogP contribution in [0.15, 0.2) is 30.3 Å². The second-order valence-corrected chi connectivity index (χ2v) is 3.00. The van der Waals surface area contributed by atoms with Crippen LogP contribution in [0.1, 0.15) is 11.1 Å². The molecular formula is C11H11ClO2. The highest BCUT2D eigenvalue weighted by molar-refractivity contribution is 6.17. The molecular weight excluding hydrogens is 200 g/mol. The van der Waals surface area contributed by atoms with Crippen molar-refractivity contribution < 1.29 is 9.53 Å². The SMILES string of the molecule is COC(=O)/C=C/c1ccc(CCl)cc1. The maximum Gasteiger partial charge on any atom is 0.330 e. The van der Waals surface area contributed by atoms with Gasteiger partial charge in [0, 0.05) is 12.0 Å². The van der Waals surface area contributed by atoms with E-state index < -0.39 is 0 Å². The summed E-state index contributed by atoms with van der Waals surface area (Å²) in [5, 5.41) is 0. The lowest BCUT2D eigenvalue weighted by Gasteiger charge is -1.96. The predicted octanol–water partition coefficient (Wildman–Crippen LogP) is 2.61. The van der Waals surface area contributed by atoms with Crippen molar-refractivity contribution in [2.75, 3.05) is 7.11 Å². The van der Waals surface area contributed by atoms with Gasteiger partial charge in [0.25, 0.3) is 0 Å². The summed E-state index contributed by atoms with van der Waals surface area (Å²) in [5.74, 6) is 0.146. The number of alkyl halides is 1. The van der Waals surface area contributed by atoms with Crippen LogP contribution in [0.4, 0.5) is 0 Å². The van der Waals surface area contributed by atoms with Crippen molar-refractivity contribution in [1.29, 1.82) is 0 Å². The Kier molecular flexibility index (Phi) is 4.20. The zero-order valence-corrected chi connectivity index (χ0v) is 8.62. The summed E-state index contributed by atoms with van der Waals surface area (Å²) < 4.78 is 4.47. The Morgan fingerprint density at radius 2 is 2.07 bits per heavy atom. The number of benzene rings is 1. The van der Waals surface area contributed by atoms with Gasteiger partial charge in [0.1, 0.15) is 0 Å². The highest BCUT2D eigenvalue weighted by Crippen LogP contribution is 2.08. The Morgan fingerprint density at radius 1 is 1.43 bits per heavy atom. The van der Waals surface area contributed by atoms with E-state index in [0.29, 0.717) is 5.88 Å². The number of hydrogen-bond donors (Lipinski definition) is 0. The van der Waals surface area contributed by atoms with Crippen LogP contribution in [0, 0.1) is 0 Å². The van der Waals surface area contributed by atoms with Gasteiger partial charge in [0.2, 0.25) is 0 Å². The highest BCUT2D eigenvalue weighted by Gasteiger charge is 1.92. The van der Waals surface area contributed by atoms with Crippen LogP contribution in [0.3, 0.4) is 0 Å². The number of carbonyl (C=O) groups is 1. The van der Waals surface area contributed by atoms with Crippen LogP contribution < -0.4 is 0 Å². The first-order chi connectivity index (χ1) is 6.76. The normalized spacial score (nSPS) is 10.4. The molecule has 1 rings (SSSR count). The Hall–Kier alpha value is -1.28. The molecule has 3 heteroatoms. The first-order valence-corrected chi connectivity index (χ1v) is 4.70. The molecule has 0 spiro atoms. The van der Waals surface area contributed by atoms with Gasteiger partial charge < -0.3 is 4.74 Å². The molecule has 0 aliphatic carbocycles. The minimum Gasteiger partial charge on any atom is -0.466 e. The third-order valence-electron chi connectivity index (χ3n) is 1.75. The number of hydrogen-bond acceptors (Lipinski definition) is 2. The fourth-order valence-corrected chi connectivity index (χ4v) is 1.13. The van der Waals surface area contributed by atoms with E-state index in [0.717, 1.165) is 11.1 Å². The van der Waals surface area contributed by atoms with Crippen LogP contribution in [-0.2, 0) is 15.4 Å². The number of halogens is 1. The fourth-order valence-electron chi connectivity index (χ4n) is 0.950. The maximum absolute atomic E-state index is 10.8. The maximum atomic E-state index is 10.8. The second-order valence-electron chi connectivity index (χ2n) is 2.73. The first-order valence-electron chi connectivity index (χ1n) is 4.17. The van der Waals surface area contributed by atoms with Crippen LogP contribution in [0.5, 0.6) is 0 Å². The minimum atomic E-state index is -0.355. The molecule has 0 amide bonds. The molecule has 0 radical (unpaired) electrons. The van der Waals surface area contributed by atoms with Gasteiger partial charge >= 0.3 is 5.97 Å². The summed E-state index contributed by atoms with van der Waals surface area (Å²) in [5.41, 5.74) is 2.01. The Labute approximate surface area is 88.1 Å². The van der Waals surface area contributed by atoms with E-state index in [-0.39, 0.29) is 5.97 Å². The molecule has 2 nitrogen and oxygen atoms in total. The van der Waals surface area contributed by atoms with Gasteiger partial charge in [-0.15, -0.1) is 11.6 Å². The first kappa shape index (κ1) is 10.8. The number of carbonyl (C=O) groups excluding carboxylic acids is 1. The largest absolute Gasteiger partial charge is 0.466 e. The van der Waals surface area contributed by atoms with Crippen molar-refractivity contribution in [1.82, 2.24) is 0 Å². The summed E-state index contributed by atoms with van der Waals surface area (Å²) in [4.78, 5) is 10.8. The second kappa shape index (κ2) is 5.45. The van der Waals surface area contributed by atoms with Gasteiger partial charge in [-0.05, 0) is 17.2 Å². The van der Waals surface area contributed by atoms with E-state index in [1.165, 1.54) is 13.2 Å². The Bertz CT molecular complexity index is 328. The summed E-state index contributed by atoms with van der Waals surface area (Å²) in [6, 6.07) is 7.64. The van der Waals surface area contributed by atoms with E-state index in [1.54, 1.807) is 6.08 Å². The number of ether oxygens (including phenoxy) is 1. The molecule has 0 aliphatic rings. The van der Waals surface area contributed by atoms with E-state index >= 15 is 0 Å². The molecule has 0 saturated heterocycles. The molecule has 0 N–H and O–H groups in total. The van der Waals surface area contributed by atoms with E-state index in [2.05, 4.69) is 4.74 Å². The minimum absolute atomic E-state index is 0.355. The van der Waals surface area contributed by atoms with Gasteiger partial charge in [0.05, 0.1) is 7.11 Å². The molecule has 1 aromatic rings. The van der Waals surface area contributed by atoms with Crippen molar-refractivity contribution in [2.24, 2.45) is 0 Å². The van der Waals surface area contributed by atoms with Crippen molar-refractivity contribution in [2.45, 2.75) is 5.88 Å². The van der Waals surface area contributed by atoms with Gasteiger partial charge in [0.15, 0.2) is 0 Å². The zero-order valence-electron chi connectivity index (χ0n) is 7.87. The Morgan fingerprint density at radius 3 is 2.57 bits per heavy atom. The lowest BCUT2D eigenvalue weighted by molar-refractivity contribution is -0.134. The summed E-state index contributed by atoms with van der Waals surface area (Å²) in [6.07, 6.45) is 3.08. The van der Waals surface area contributed by atoms with Crippen molar-refractivity contribution in [3.63, 3.8) is 0 Å². The highest BCUT2D eigenvalue weighted by atomic mass is 35.5. The topological polar surface area (TPSA) is 26.3 Å². The van der Waals surface area contributed by atoms with Crippen LogP contribution in [-0.4, -0.2) is 13.1 Å². The lowest BCUT2D eigenvalue weighted by Crippen LogP contribution is -1.93. The van der Waals surface area contributed by atoms with Crippen molar-refractivity contribution >= 4 is 23.6 Å². The van der Waals surface area contributed by atoms with Crippen LogP contribution in [0.2, 0.25) is 0 Å². The van der Waals surface area contributed by atoms with Crippen molar-refractivity contribution in [3.05, 3.63) is 41.5 Å². The van der Waals surface area contributed by atoms with Crippen LogP contribution >= 0.6 is 11.6 Å². The smallest absolute Gasteiger partial charge is 0.330 e. The third-order valence-corrected chi connectivity index (χ3v) is 2.06. The average molecular weight is 211 g/mol. The van der Waals surface area contributed by atoms with Gasteiger partial charge in [-0.3, -0.25) is 0 Å². The van der Waals surface area contributed by atoms with E-state index in [4.69, 9.17) is 11.6 Å². The zero-order chi connectivity index (χ0) is 10.4. The molecule has 0 atom stereocenters. The molecule has 0 aromatic heterocycles. The molecule has 14 heavy (non-hydrogen) atoms.